The number of carboxylic acids is 1. The average Bonchev–Trinajstić information content (AvgIpc) is 2.28. The second-order valence-electron chi connectivity index (χ2n) is 3.68. The van der Waals surface area contributed by atoms with Crippen LogP contribution in [0.5, 0.6) is 0 Å². The quantitative estimate of drug-likeness (QED) is 0.730. The van der Waals surface area contributed by atoms with E-state index in [1.54, 1.807) is 24.1 Å². The van der Waals surface area contributed by atoms with E-state index in [0.29, 0.717) is 10.7 Å². The minimum atomic E-state index is -1.09. The Morgan fingerprint density at radius 2 is 2.18 bits per heavy atom. The fourth-order valence-corrected chi connectivity index (χ4v) is 1.66. The Hall–Kier alpha value is -1.30. The Balaban J connectivity index is 3.00. The predicted molar refractivity (Wildman–Crippen MR) is 64.8 cm³/mol. The van der Waals surface area contributed by atoms with Crippen LogP contribution in [0.1, 0.15) is 10.4 Å². The van der Waals surface area contributed by atoms with Crippen molar-refractivity contribution in [3.8, 4) is 0 Å². The van der Waals surface area contributed by atoms with Crippen LogP contribution in [0.15, 0.2) is 18.2 Å². The van der Waals surface area contributed by atoms with Crippen molar-refractivity contribution in [2.24, 2.45) is 0 Å². The van der Waals surface area contributed by atoms with Crippen LogP contribution in [0.4, 0.5) is 5.69 Å². The molecule has 1 aromatic rings. The minimum Gasteiger partial charge on any atom is -0.478 e. The second kappa shape index (κ2) is 5.86. The molecule has 3 N–H and O–H groups in total. The number of anilines is 1. The van der Waals surface area contributed by atoms with E-state index in [0.717, 1.165) is 0 Å². The maximum atomic E-state index is 11.0. The Labute approximate surface area is 104 Å². The van der Waals surface area contributed by atoms with Crippen LogP contribution in [0.3, 0.4) is 0 Å². The monoisotopic (exact) mass is 259 g/mol. The fourth-order valence-electron chi connectivity index (χ4n) is 1.48. The van der Waals surface area contributed by atoms with E-state index in [1.165, 1.54) is 6.07 Å². The second-order valence-corrected chi connectivity index (χ2v) is 4.12. The molecule has 5 nitrogen and oxygen atoms in total. The number of benzene rings is 1. The van der Waals surface area contributed by atoms with Gasteiger partial charge in [-0.05, 0) is 18.2 Å². The largest absolute Gasteiger partial charge is 0.478 e. The summed E-state index contributed by atoms with van der Waals surface area (Å²) in [5, 5.41) is 27.4. The normalized spacial score (nSPS) is 12.2. The Bertz CT molecular complexity index is 410. The number of aliphatic hydroxyl groups is 2. The number of aromatic carboxylic acids is 1. The molecular formula is C11H14ClNO4. The van der Waals surface area contributed by atoms with Crippen molar-refractivity contribution in [3.63, 3.8) is 0 Å². The lowest BCUT2D eigenvalue weighted by Crippen LogP contribution is -2.32. The number of hydrogen-bond donors (Lipinski definition) is 3. The highest BCUT2D eigenvalue weighted by Gasteiger charge is 2.16. The SMILES string of the molecule is CN(CC(O)CO)c1ccc(Cl)cc1C(=O)O. The first-order chi connectivity index (χ1) is 7.95. The summed E-state index contributed by atoms with van der Waals surface area (Å²) in [6.45, 7) is -0.237. The first kappa shape index (κ1) is 13.8. The molecule has 94 valence electrons. The molecule has 0 aliphatic heterocycles. The van der Waals surface area contributed by atoms with Crippen molar-refractivity contribution in [1.82, 2.24) is 0 Å². The summed E-state index contributed by atoms with van der Waals surface area (Å²) in [5.74, 6) is -1.09. The van der Waals surface area contributed by atoms with Gasteiger partial charge in [0.25, 0.3) is 0 Å². The van der Waals surface area contributed by atoms with Gasteiger partial charge < -0.3 is 20.2 Å². The van der Waals surface area contributed by atoms with Crippen molar-refractivity contribution >= 4 is 23.3 Å². The molecule has 1 rings (SSSR count). The lowest BCUT2D eigenvalue weighted by molar-refractivity contribution is 0.0696. The van der Waals surface area contributed by atoms with Crippen molar-refractivity contribution in [3.05, 3.63) is 28.8 Å². The van der Waals surface area contributed by atoms with E-state index in [2.05, 4.69) is 0 Å². The van der Waals surface area contributed by atoms with Crippen LogP contribution < -0.4 is 4.90 Å². The molecular weight excluding hydrogens is 246 g/mol. The molecule has 1 unspecified atom stereocenters. The molecule has 1 atom stereocenters. The molecule has 0 radical (unpaired) electrons. The number of rotatable bonds is 5. The third-order valence-electron chi connectivity index (χ3n) is 2.30. The van der Waals surface area contributed by atoms with Gasteiger partial charge in [-0.2, -0.15) is 0 Å². The van der Waals surface area contributed by atoms with Gasteiger partial charge in [0.2, 0.25) is 0 Å². The maximum absolute atomic E-state index is 11.0. The number of likely N-dealkylation sites (N-methyl/N-ethyl adjacent to an activating group) is 1. The number of halogens is 1. The number of nitrogens with zero attached hydrogens (tertiary/aromatic N) is 1. The predicted octanol–water partition coefficient (Wildman–Crippen LogP) is 0.828. The van der Waals surface area contributed by atoms with Gasteiger partial charge in [-0.3, -0.25) is 0 Å². The van der Waals surface area contributed by atoms with Crippen LogP contribution in [0.25, 0.3) is 0 Å². The van der Waals surface area contributed by atoms with Gasteiger partial charge in [0.1, 0.15) is 0 Å². The van der Waals surface area contributed by atoms with E-state index in [1.807, 2.05) is 0 Å². The topological polar surface area (TPSA) is 81.0 Å². The number of carboxylic acid groups (broad SMARTS) is 1. The molecule has 0 aromatic heterocycles. The molecule has 0 amide bonds. The molecule has 0 bridgehead atoms. The molecule has 0 saturated heterocycles. The Kier molecular flexibility index (Phi) is 4.74. The van der Waals surface area contributed by atoms with Gasteiger partial charge in [-0.25, -0.2) is 4.79 Å². The Morgan fingerprint density at radius 3 is 2.71 bits per heavy atom. The van der Waals surface area contributed by atoms with Gasteiger partial charge in [-0.1, -0.05) is 11.6 Å². The van der Waals surface area contributed by atoms with Crippen LogP contribution in [-0.4, -0.2) is 47.6 Å². The number of carbonyl (C=O) groups is 1. The number of hydrogen-bond acceptors (Lipinski definition) is 4. The molecule has 0 fully saturated rings. The van der Waals surface area contributed by atoms with Gasteiger partial charge >= 0.3 is 5.97 Å². The zero-order valence-electron chi connectivity index (χ0n) is 9.30. The van der Waals surface area contributed by atoms with Gasteiger partial charge in [0.15, 0.2) is 0 Å². The average molecular weight is 260 g/mol. The molecule has 17 heavy (non-hydrogen) atoms. The molecule has 0 aliphatic rings. The first-order valence-electron chi connectivity index (χ1n) is 4.98. The molecule has 6 heteroatoms. The van der Waals surface area contributed by atoms with Gasteiger partial charge in [0.05, 0.1) is 24.0 Å². The lowest BCUT2D eigenvalue weighted by Gasteiger charge is -2.23. The summed E-state index contributed by atoms with van der Waals surface area (Å²) in [6.07, 6.45) is -0.919. The molecule has 0 aliphatic carbocycles. The van der Waals surface area contributed by atoms with Crippen LogP contribution in [0.2, 0.25) is 5.02 Å². The van der Waals surface area contributed by atoms with E-state index in [-0.39, 0.29) is 18.7 Å². The summed E-state index contributed by atoms with van der Waals surface area (Å²) < 4.78 is 0. The highest BCUT2D eigenvalue weighted by atomic mass is 35.5. The summed E-state index contributed by atoms with van der Waals surface area (Å²) in [4.78, 5) is 12.6. The van der Waals surface area contributed by atoms with E-state index in [9.17, 15) is 9.90 Å². The Morgan fingerprint density at radius 1 is 1.53 bits per heavy atom. The highest BCUT2D eigenvalue weighted by molar-refractivity contribution is 6.31. The third kappa shape index (κ3) is 3.59. The van der Waals surface area contributed by atoms with E-state index < -0.39 is 12.1 Å². The zero-order valence-corrected chi connectivity index (χ0v) is 10.1. The van der Waals surface area contributed by atoms with Gasteiger partial charge in [-0.15, -0.1) is 0 Å². The first-order valence-corrected chi connectivity index (χ1v) is 5.36. The van der Waals surface area contributed by atoms with Crippen LogP contribution in [-0.2, 0) is 0 Å². The van der Waals surface area contributed by atoms with Crippen molar-refractivity contribution < 1.29 is 20.1 Å². The smallest absolute Gasteiger partial charge is 0.337 e. The van der Waals surface area contributed by atoms with Crippen molar-refractivity contribution in [2.45, 2.75) is 6.10 Å². The van der Waals surface area contributed by atoms with Crippen LogP contribution in [0, 0.1) is 0 Å². The highest BCUT2D eigenvalue weighted by Crippen LogP contribution is 2.23. The summed E-state index contributed by atoms with van der Waals surface area (Å²) in [7, 11) is 1.63. The molecule has 1 aromatic carbocycles. The summed E-state index contributed by atoms with van der Waals surface area (Å²) in [6, 6.07) is 4.49. The number of aliphatic hydroxyl groups excluding tert-OH is 2. The zero-order chi connectivity index (χ0) is 13.0. The minimum absolute atomic E-state index is 0.0603. The molecule has 0 saturated carbocycles. The fraction of sp³-hybridized carbons (Fsp3) is 0.364. The lowest BCUT2D eigenvalue weighted by atomic mass is 10.1. The standard InChI is InChI=1S/C11H14ClNO4/c1-13(5-8(15)6-14)10-3-2-7(12)4-9(10)11(16)17/h2-4,8,14-15H,5-6H2,1H3,(H,16,17). The van der Waals surface area contributed by atoms with Crippen molar-refractivity contribution in [1.29, 1.82) is 0 Å². The molecule has 0 spiro atoms. The van der Waals surface area contributed by atoms with Gasteiger partial charge in [0, 0.05) is 18.6 Å². The summed E-state index contributed by atoms with van der Waals surface area (Å²) >= 11 is 5.73. The third-order valence-corrected chi connectivity index (χ3v) is 2.53. The van der Waals surface area contributed by atoms with Crippen molar-refractivity contribution in [2.75, 3.05) is 25.1 Å². The maximum Gasteiger partial charge on any atom is 0.337 e. The summed E-state index contributed by atoms with van der Waals surface area (Å²) in [5.41, 5.74) is 0.500. The molecule has 0 heterocycles. The van der Waals surface area contributed by atoms with E-state index >= 15 is 0 Å². The van der Waals surface area contributed by atoms with Crippen LogP contribution >= 0.6 is 11.6 Å². The van der Waals surface area contributed by atoms with E-state index in [4.69, 9.17) is 21.8 Å².